The average molecular weight is 282 g/mol. The number of carbonyl (C=O) groups excluding carboxylic acids is 1. The molecule has 3 heteroatoms. The first-order valence-corrected chi connectivity index (χ1v) is 7.40. The van der Waals surface area contributed by atoms with E-state index in [2.05, 4.69) is 12.1 Å². The molecule has 1 amide bonds. The first-order chi connectivity index (χ1) is 10.2. The maximum Gasteiger partial charge on any atom is 0.226 e. The Kier molecular flexibility index (Phi) is 5.38. The van der Waals surface area contributed by atoms with Crippen molar-refractivity contribution in [3.63, 3.8) is 0 Å². The molecule has 2 N–H and O–H groups in total. The Balaban J connectivity index is 1.90. The quantitative estimate of drug-likeness (QED) is 0.822. The fraction of sp³-hybridized carbons (Fsp3) is 0.278. The Bertz CT molecular complexity index is 564. The van der Waals surface area contributed by atoms with Crippen LogP contribution in [-0.4, -0.2) is 12.5 Å². The van der Waals surface area contributed by atoms with Crippen LogP contribution in [0, 0.1) is 0 Å². The van der Waals surface area contributed by atoms with Crippen molar-refractivity contribution >= 4 is 17.3 Å². The molecule has 0 aliphatic rings. The van der Waals surface area contributed by atoms with Crippen LogP contribution in [0.2, 0.25) is 0 Å². The molecular weight excluding hydrogens is 260 g/mol. The van der Waals surface area contributed by atoms with Crippen LogP contribution >= 0.6 is 0 Å². The van der Waals surface area contributed by atoms with Crippen LogP contribution in [0.5, 0.6) is 0 Å². The van der Waals surface area contributed by atoms with Crippen molar-refractivity contribution in [1.29, 1.82) is 0 Å². The number of nitrogen functional groups attached to an aromatic ring is 1. The zero-order valence-corrected chi connectivity index (χ0v) is 12.5. The molecule has 0 fully saturated rings. The second-order valence-corrected chi connectivity index (χ2v) is 5.07. The van der Waals surface area contributed by atoms with E-state index in [1.165, 1.54) is 5.56 Å². The number of anilines is 2. The van der Waals surface area contributed by atoms with Crippen molar-refractivity contribution in [2.45, 2.75) is 26.2 Å². The molecule has 0 aliphatic heterocycles. The lowest BCUT2D eigenvalue weighted by atomic mass is 10.1. The summed E-state index contributed by atoms with van der Waals surface area (Å²) in [6.07, 6.45) is 2.37. The Labute approximate surface area is 126 Å². The molecule has 0 saturated heterocycles. The first-order valence-electron chi connectivity index (χ1n) is 7.40. The summed E-state index contributed by atoms with van der Waals surface area (Å²) in [6.45, 7) is 2.67. The molecule has 3 nitrogen and oxygen atoms in total. The summed E-state index contributed by atoms with van der Waals surface area (Å²) in [5.74, 6) is 0.165. The molecule has 0 atom stereocenters. The van der Waals surface area contributed by atoms with Crippen LogP contribution < -0.4 is 10.6 Å². The van der Waals surface area contributed by atoms with Gasteiger partial charge in [-0.05, 0) is 49.6 Å². The van der Waals surface area contributed by atoms with Crippen molar-refractivity contribution in [2.24, 2.45) is 0 Å². The number of carbonyl (C=O) groups is 1. The topological polar surface area (TPSA) is 46.3 Å². The maximum absolute atomic E-state index is 12.3. The highest BCUT2D eigenvalue weighted by atomic mass is 16.2. The highest BCUT2D eigenvalue weighted by Crippen LogP contribution is 2.18. The van der Waals surface area contributed by atoms with E-state index < -0.39 is 0 Å². The number of hydrogen-bond acceptors (Lipinski definition) is 2. The zero-order valence-electron chi connectivity index (χ0n) is 12.5. The third-order valence-electron chi connectivity index (χ3n) is 3.52. The van der Waals surface area contributed by atoms with Gasteiger partial charge in [-0.3, -0.25) is 4.79 Å². The van der Waals surface area contributed by atoms with Gasteiger partial charge in [0.1, 0.15) is 0 Å². The smallest absolute Gasteiger partial charge is 0.226 e. The van der Waals surface area contributed by atoms with Crippen molar-refractivity contribution in [1.82, 2.24) is 0 Å². The lowest BCUT2D eigenvalue weighted by molar-refractivity contribution is -0.118. The minimum atomic E-state index is 0.165. The van der Waals surface area contributed by atoms with Crippen LogP contribution in [0.1, 0.15) is 25.3 Å². The summed E-state index contributed by atoms with van der Waals surface area (Å²) in [5, 5.41) is 0. The molecule has 21 heavy (non-hydrogen) atoms. The third-order valence-corrected chi connectivity index (χ3v) is 3.52. The second kappa shape index (κ2) is 7.48. The minimum Gasteiger partial charge on any atom is -0.399 e. The van der Waals surface area contributed by atoms with Gasteiger partial charge in [-0.2, -0.15) is 0 Å². The van der Waals surface area contributed by atoms with E-state index >= 15 is 0 Å². The van der Waals surface area contributed by atoms with Gasteiger partial charge in [0.05, 0.1) is 0 Å². The summed E-state index contributed by atoms with van der Waals surface area (Å²) in [4.78, 5) is 14.2. The van der Waals surface area contributed by atoms with Gasteiger partial charge in [0.15, 0.2) is 0 Å². The van der Waals surface area contributed by atoms with E-state index in [1.54, 1.807) is 0 Å². The van der Waals surface area contributed by atoms with Crippen LogP contribution in [0.3, 0.4) is 0 Å². The van der Waals surface area contributed by atoms with E-state index in [9.17, 15) is 4.79 Å². The predicted molar refractivity (Wildman–Crippen MR) is 88.3 cm³/mol. The van der Waals surface area contributed by atoms with Crippen LogP contribution in [-0.2, 0) is 11.2 Å². The Hall–Kier alpha value is -2.29. The lowest BCUT2D eigenvalue weighted by Gasteiger charge is -2.21. The van der Waals surface area contributed by atoms with Crippen LogP contribution in [0.15, 0.2) is 54.6 Å². The lowest BCUT2D eigenvalue weighted by Crippen LogP contribution is -2.30. The molecule has 0 aliphatic carbocycles. The molecule has 2 rings (SSSR count). The number of benzene rings is 2. The number of hydrogen-bond donors (Lipinski definition) is 1. The predicted octanol–water partition coefficient (Wildman–Crippen LogP) is 3.64. The van der Waals surface area contributed by atoms with E-state index in [4.69, 9.17) is 5.73 Å². The van der Waals surface area contributed by atoms with Gasteiger partial charge >= 0.3 is 0 Å². The zero-order chi connectivity index (χ0) is 15.1. The second-order valence-electron chi connectivity index (χ2n) is 5.07. The molecule has 110 valence electrons. The molecule has 0 saturated carbocycles. The van der Waals surface area contributed by atoms with Gasteiger partial charge in [0.2, 0.25) is 5.91 Å². The summed E-state index contributed by atoms with van der Waals surface area (Å²) in [7, 11) is 0. The van der Waals surface area contributed by atoms with Crippen molar-refractivity contribution in [2.75, 3.05) is 17.2 Å². The van der Waals surface area contributed by atoms with Crippen LogP contribution in [0.4, 0.5) is 11.4 Å². The largest absolute Gasteiger partial charge is 0.399 e. The van der Waals surface area contributed by atoms with Gasteiger partial charge in [-0.25, -0.2) is 0 Å². The number of nitrogens with two attached hydrogens (primary N) is 1. The van der Waals surface area contributed by atoms with E-state index in [1.807, 2.05) is 54.3 Å². The molecule has 2 aromatic carbocycles. The number of aryl methyl sites for hydroxylation is 1. The standard InChI is InChI=1S/C18H22N2O/c1-2-20(17-13-11-16(19)12-14-17)18(21)10-6-9-15-7-4-3-5-8-15/h3-5,7-8,11-14H,2,6,9-10,19H2,1H3. The molecule has 0 heterocycles. The van der Waals surface area contributed by atoms with E-state index in [0.29, 0.717) is 18.7 Å². The number of rotatable bonds is 6. The molecule has 0 radical (unpaired) electrons. The van der Waals surface area contributed by atoms with E-state index in [-0.39, 0.29) is 5.91 Å². The Morgan fingerprint density at radius 2 is 1.71 bits per heavy atom. The normalized spacial score (nSPS) is 10.3. The number of nitrogens with zero attached hydrogens (tertiary/aromatic N) is 1. The molecule has 2 aromatic rings. The molecule has 0 aromatic heterocycles. The fourth-order valence-corrected chi connectivity index (χ4v) is 2.38. The first kappa shape index (κ1) is 15.1. The van der Waals surface area contributed by atoms with Gasteiger partial charge in [0, 0.05) is 24.3 Å². The monoisotopic (exact) mass is 282 g/mol. The maximum atomic E-state index is 12.3. The Morgan fingerprint density at radius 1 is 1.05 bits per heavy atom. The molecule has 0 spiro atoms. The highest BCUT2D eigenvalue weighted by Gasteiger charge is 2.13. The van der Waals surface area contributed by atoms with Crippen molar-refractivity contribution < 1.29 is 4.79 Å². The molecular formula is C18H22N2O. The van der Waals surface area contributed by atoms with E-state index in [0.717, 1.165) is 18.5 Å². The number of amides is 1. The fourth-order valence-electron chi connectivity index (χ4n) is 2.38. The molecule has 0 unspecified atom stereocenters. The van der Waals surface area contributed by atoms with Gasteiger partial charge in [-0.15, -0.1) is 0 Å². The average Bonchev–Trinajstić information content (AvgIpc) is 2.51. The van der Waals surface area contributed by atoms with Gasteiger partial charge in [0.25, 0.3) is 0 Å². The summed E-state index contributed by atoms with van der Waals surface area (Å²) < 4.78 is 0. The van der Waals surface area contributed by atoms with Crippen molar-refractivity contribution in [3.05, 3.63) is 60.2 Å². The van der Waals surface area contributed by atoms with Crippen LogP contribution in [0.25, 0.3) is 0 Å². The van der Waals surface area contributed by atoms with Gasteiger partial charge < -0.3 is 10.6 Å². The minimum absolute atomic E-state index is 0.165. The SMILES string of the molecule is CCN(C(=O)CCCc1ccccc1)c1ccc(N)cc1. The third kappa shape index (κ3) is 4.35. The highest BCUT2D eigenvalue weighted by molar-refractivity contribution is 5.93. The van der Waals surface area contributed by atoms with Gasteiger partial charge in [-0.1, -0.05) is 30.3 Å². The van der Waals surface area contributed by atoms with Crippen molar-refractivity contribution in [3.8, 4) is 0 Å². The summed E-state index contributed by atoms with van der Waals surface area (Å²) in [6, 6.07) is 17.7. The molecule has 0 bridgehead atoms. The summed E-state index contributed by atoms with van der Waals surface area (Å²) >= 11 is 0. The Morgan fingerprint density at radius 3 is 2.33 bits per heavy atom. The summed E-state index contributed by atoms with van der Waals surface area (Å²) in [5.41, 5.74) is 8.59.